The molecule has 1 unspecified atom stereocenters. The van der Waals surface area contributed by atoms with E-state index in [-0.39, 0.29) is 11.8 Å². The molecule has 1 aromatic carbocycles. The van der Waals surface area contributed by atoms with E-state index in [4.69, 9.17) is 21.7 Å². The number of hydrogen-bond donors (Lipinski definition) is 2. The molecule has 0 radical (unpaired) electrons. The molecule has 1 aliphatic heterocycles. The smallest absolute Gasteiger partial charge is 0.175 e. The van der Waals surface area contributed by atoms with Crippen LogP contribution in [0.4, 0.5) is 0 Å². The van der Waals surface area contributed by atoms with Crippen molar-refractivity contribution < 1.29 is 14.3 Å². The maximum atomic E-state index is 12.5. The number of benzene rings is 1. The summed E-state index contributed by atoms with van der Waals surface area (Å²) in [6, 6.07) is 3.62. The standard InChI is InChI=1S/C18H21BrN2O3S/c1-3-23-14-9-10(8-11(19)17(14)24-4-2)16-15-12(20-18(25)21-16)6-5-7-13(15)22/h8-9,16H,3-7H2,1-2H3,(H2,20,21,25). The van der Waals surface area contributed by atoms with Crippen molar-refractivity contribution in [1.82, 2.24) is 10.6 Å². The van der Waals surface area contributed by atoms with Crippen molar-refractivity contribution in [1.29, 1.82) is 0 Å². The molecule has 0 aromatic heterocycles. The van der Waals surface area contributed by atoms with Crippen LogP contribution in [-0.2, 0) is 4.79 Å². The molecule has 134 valence electrons. The van der Waals surface area contributed by atoms with Crippen LogP contribution in [0.5, 0.6) is 11.5 Å². The number of rotatable bonds is 5. The number of hydrogen-bond acceptors (Lipinski definition) is 4. The minimum Gasteiger partial charge on any atom is -0.490 e. The molecule has 1 aromatic rings. The van der Waals surface area contributed by atoms with Crippen molar-refractivity contribution in [2.45, 2.75) is 39.2 Å². The Morgan fingerprint density at radius 3 is 2.72 bits per heavy atom. The minimum absolute atomic E-state index is 0.164. The molecule has 2 aliphatic rings. The van der Waals surface area contributed by atoms with E-state index in [2.05, 4.69) is 26.6 Å². The first-order valence-corrected chi connectivity index (χ1v) is 9.68. The summed E-state index contributed by atoms with van der Waals surface area (Å²) in [6.07, 6.45) is 2.27. The quantitative estimate of drug-likeness (QED) is 0.701. The lowest BCUT2D eigenvalue weighted by molar-refractivity contribution is -0.116. The molecule has 1 heterocycles. The Labute approximate surface area is 161 Å². The highest BCUT2D eigenvalue weighted by atomic mass is 79.9. The fraction of sp³-hybridized carbons (Fsp3) is 0.444. The van der Waals surface area contributed by atoms with Crippen molar-refractivity contribution >= 4 is 39.0 Å². The minimum atomic E-state index is -0.275. The van der Waals surface area contributed by atoms with E-state index in [1.54, 1.807) is 0 Å². The van der Waals surface area contributed by atoms with E-state index in [9.17, 15) is 4.79 Å². The van der Waals surface area contributed by atoms with Gasteiger partial charge in [-0.25, -0.2) is 0 Å². The van der Waals surface area contributed by atoms with Gasteiger partial charge in [-0.3, -0.25) is 4.79 Å². The third-order valence-electron chi connectivity index (χ3n) is 4.24. The summed E-state index contributed by atoms with van der Waals surface area (Å²) in [4.78, 5) is 12.5. The molecule has 0 spiro atoms. The fourth-order valence-corrected chi connectivity index (χ4v) is 4.07. The zero-order valence-electron chi connectivity index (χ0n) is 14.3. The summed E-state index contributed by atoms with van der Waals surface area (Å²) in [6.45, 7) is 4.93. The van der Waals surface area contributed by atoms with Gasteiger partial charge in [0.25, 0.3) is 0 Å². The summed E-state index contributed by atoms with van der Waals surface area (Å²) < 4.78 is 12.3. The topological polar surface area (TPSA) is 59.6 Å². The fourth-order valence-electron chi connectivity index (χ4n) is 3.26. The molecule has 0 bridgehead atoms. The van der Waals surface area contributed by atoms with Crippen LogP contribution in [0.25, 0.3) is 0 Å². The predicted octanol–water partition coefficient (Wildman–Crippen LogP) is 3.77. The molecule has 0 saturated carbocycles. The van der Waals surface area contributed by atoms with Crippen LogP contribution in [0.3, 0.4) is 0 Å². The summed E-state index contributed by atoms with van der Waals surface area (Å²) >= 11 is 8.91. The van der Waals surface area contributed by atoms with E-state index in [0.29, 0.717) is 36.2 Å². The molecule has 25 heavy (non-hydrogen) atoms. The molecular formula is C18H21BrN2O3S. The number of ether oxygens (including phenoxy) is 2. The van der Waals surface area contributed by atoms with Crippen LogP contribution < -0.4 is 20.1 Å². The molecule has 0 fully saturated rings. The largest absolute Gasteiger partial charge is 0.490 e. The summed E-state index contributed by atoms with van der Waals surface area (Å²) in [7, 11) is 0. The third-order valence-corrected chi connectivity index (χ3v) is 5.05. The van der Waals surface area contributed by atoms with Gasteiger partial charge in [-0.15, -0.1) is 0 Å². The van der Waals surface area contributed by atoms with Gasteiger partial charge in [0.1, 0.15) is 0 Å². The van der Waals surface area contributed by atoms with E-state index in [0.717, 1.165) is 34.1 Å². The average molecular weight is 425 g/mol. The third kappa shape index (κ3) is 3.67. The maximum absolute atomic E-state index is 12.5. The Hall–Kier alpha value is -1.60. The van der Waals surface area contributed by atoms with Crippen molar-refractivity contribution in [3.05, 3.63) is 33.4 Å². The normalized spacial score (nSPS) is 19.9. The van der Waals surface area contributed by atoms with Crippen molar-refractivity contribution in [2.75, 3.05) is 13.2 Å². The number of halogens is 1. The number of carbonyl (C=O) groups excluding carboxylic acids is 1. The molecule has 1 atom stereocenters. The van der Waals surface area contributed by atoms with Crippen LogP contribution in [-0.4, -0.2) is 24.1 Å². The van der Waals surface area contributed by atoms with E-state index < -0.39 is 0 Å². The van der Waals surface area contributed by atoms with Gasteiger partial charge in [-0.2, -0.15) is 0 Å². The molecule has 3 rings (SSSR count). The van der Waals surface area contributed by atoms with Crippen molar-refractivity contribution in [2.24, 2.45) is 0 Å². The highest BCUT2D eigenvalue weighted by molar-refractivity contribution is 9.10. The number of carbonyl (C=O) groups is 1. The van der Waals surface area contributed by atoms with Crippen LogP contribution in [0, 0.1) is 0 Å². The zero-order chi connectivity index (χ0) is 18.0. The van der Waals surface area contributed by atoms with Crippen LogP contribution in [0.1, 0.15) is 44.7 Å². The van der Waals surface area contributed by atoms with Gasteiger partial charge in [0.15, 0.2) is 22.4 Å². The second-order valence-electron chi connectivity index (χ2n) is 5.90. The van der Waals surface area contributed by atoms with Crippen LogP contribution in [0.2, 0.25) is 0 Å². The molecule has 0 saturated heterocycles. The molecule has 0 amide bonds. The van der Waals surface area contributed by atoms with Gasteiger partial charge in [0, 0.05) is 17.7 Å². The first-order valence-electron chi connectivity index (χ1n) is 8.47. The molecule has 1 aliphatic carbocycles. The number of nitrogens with one attached hydrogen (secondary N) is 2. The molecular weight excluding hydrogens is 404 g/mol. The van der Waals surface area contributed by atoms with Crippen molar-refractivity contribution in [3.8, 4) is 11.5 Å². The zero-order valence-corrected chi connectivity index (χ0v) is 16.7. The average Bonchev–Trinajstić information content (AvgIpc) is 2.57. The summed E-state index contributed by atoms with van der Waals surface area (Å²) in [5.41, 5.74) is 2.64. The Morgan fingerprint density at radius 1 is 1.24 bits per heavy atom. The Morgan fingerprint density at radius 2 is 2.00 bits per heavy atom. The lowest BCUT2D eigenvalue weighted by Gasteiger charge is -2.34. The lowest BCUT2D eigenvalue weighted by atomic mass is 9.85. The Bertz CT molecular complexity index is 748. The number of allylic oxidation sites excluding steroid dienone is 1. The first-order chi connectivity index (χ1) is 12.0. The second-order valence-corrected chi connectivity index (χ2v) is 7.16. The van der Waals surface area contributed by atoms with Gasteiger partial charge >= 0.3 is 0 Å². The highest BCUT2D eigenvalue weighted by Crippen LogP contribution is 2.41. The molecule has 2 N–H and O–H groups in total. The summed E-state index contributed by atoms with van der Waals surface area (Å²) in [5.74, 6) is 1.50. The Kier molecular flexibility index (Phi) is 5.64. The van der Waals surface area contributed by atoms with Gasteiger partial charge in [-0.05, 0) is 72.5 Å². The SMILES string of the molecule is CCOc1cc(C2NC(=S)NC3=C2C(=O)CCC3)cc(Br)c1OCC. The lowest BCUT2D eigenvalue weighted by Crippen LogP contribution is -2.46. The van der Waals surface area contributed by atoms with E-state index in [1.807, 2.05) is 26.0 Å². The van der Waals surface area contributed by atoms with E-state index >= 15 is 0 Å². The van der Waals surface area contributed by atoms with Gasteiger partial charge in [-0.1, -0.05) is 0 Å². The Balaban J connectivity index is 2.08. The van der Waals surface area contributed by atoms with E-state index in [1.165, 1.54) is 0 Å². The second kappa shape index (κ2) is 7.74. The van der Waals surface area contributed by atoms with Crippen LogP contribution >= 0.6 is 28.1 Å². The number of thiocarbonyl (C=S) groups is 1. The first kappa shape index (κ1) is 18.2. The van der Waals surface area contributed by atoms with Crippen LogP contribution in [0.15, 0.2) is 27.9 Å². The number of Topliss-reactive ketones (excluding diaryl/α,β-unsaturated/α-hetero) is 1. The molecule has 7 heteroatoms. The number of ketones is 1. The molecule has 5 nitrogen and oxygen atoms in total. The van der Waals surface area contributed by atoms with Gasteiger partial charge in [0.05, 0.1) is 23.7 Å². The van der Waals surface area contributed by atoms with Gasteiger partial charge < -0.3 is 20.1 Å². The van der Waals surface area contributed by atoms with Crippen molar-refractivity contribution in [3.63, 3.8) is 0 Å². The van der Waals surface area contributed by atoms with Gasteiger partial charge in [0.2, 0.25) is 0 Å². The highest BCUT2D eigenvalue weighted by Gasteiger charge is 2.34. The summed E-state index contributed by atoms with van der Waals surface area (Å²) in [5, 5.41) is 6.92. The maximum Gasteiger partial charge on any atom is 0.175 e. The predicted molar refractivity (Wildman–Crippen MR) is 104 cm³/mol. The monoisotopic (exact) mass is 424 g/mol.